The minimum absolute atomic E-state index is 0.103. The van der Waals surface area contributed by atoms with Crippen LogP contribution in [-0.2, 0) is 4.74 Å². The van der Waals surface area contributed by atoms with Crippen molar-refractivity contribution in [1.29, 1.82) is 0 Å². The van der Waals surface area contributed by atoms with Crippen LogP contribution in [0.25, 0.3) is 11.2 Å². The topological polar surface area (TPSA) is 155 Å². The molecular formula is C18H21ClN8O4. The number of nitrogens with one attached hydrogen (secondary N) is 1. The molecule has 0 spiro atoms. The fourth-order valence-electron chi connectivity index (χ4n) is 4.03. The Labute approximate surface area is 181 Å². The predicted molar refractivity (Wildman–Crippen MR) is 110 cm³/mol. The fourth-order valence-corrected chi connectivity index (χ4v) is 4.17. The highest BCUT2D eigenvalue weighted by atomic mass is 35.5. The maximum Gasteiger partial charge on any atom is 0.167 e. The number of fused-ring (bicyclic) bond motifs is 1. The molecule has 2 fully saturated rings. The molecule has 12 nitrogen and oxygen atoms in total. The zero-order valence-corrected chi connectivity index (χ0v) is 17.0. The lowest BCUT2D eigenvalue weighted by Crippen LogP contribution is -2.33. The molecule has 2 aliphatic heterocycles. The van der Waals surface area contributed by atoms with Crippen LogP contribution < -0.4 is 10.2 Å². The lowest BCUT2D eigenvalue weighted by Gasteiger charge is -2.18. The highest BCUT2D eigenvalue weighted by molar-refractivity contribution is 6.29. The third kappa shape index (κ3) is 3.66. The summed E-state index contributed by atoms with van der Waals surface area (Å²) in [5.74, 6) is 1.33. The van der Waals surface area contributed by atoms with Crippen molar-refractivity contribution in [3.05, 3.63) is 30.2 Å². The molecule has 0 radical (unpaired) electrons. The van der Waals surface area contributed by atoms with E-state index in [2.05, 4.69) is 35.1 Å². The molecule has 0 saturated carbocycles. The molecule has 13 heteroatoms. The summed E-state index contributed by atoms with van der Waals surface area (Å²) in [5.41, 5.74) is 0.966. The summed E-state index contributed by atoms with van der Waals surface area (Å²) in [6, 6.07) is 1.83. The Kier molecular flexibility index (Phi) is 5.32. The van der Waals surface area contributed by atoms with Gasteiger partial charge in [-0.1, -0.05) is 11.6 Å². The first-order valence-corrected chi connectivity index (χ1v) is 10.2. The van der Waals surface area contributed by atoms with Gasteiger partial charge in [-0.15, -0.1) is 0 Å². The molecule has 5 rings (SSSR count). The molecule has 0 bridgehead atoms. The minimum atomic E-state index is -1.22. The van der Waals surface area contributed by atoms with Crippen LogP contribution >= 0.6 is 11.6 Å². The normalized spacial score (nSPS) is 28.5. The van der Waals surface area contributed by atoms with Crippen LogP contribution in [0.15, 0.2) is 25.0 Å². The van der Waals surface area contributed by atoms with Crippen molar-refractivity contribution in [1.82, 2.24) is 29.5 Å². The molecule has 0 aliphatic carbocycles. The summed E-state index contributed by atoms with van der Waals surface area (Å²) < 4.78 is 7.13. The van der Waals surface area contributed by atoms with Crippen LogP contribution in [-0.4, -0.2) is 88.9 Å². The van der Waals surface area contributed by atoms with Crippen LogP contribution in [0.5, 0.6) is 0 Å². The molecule has 31 heavy (non-hydrogen) atoms. The lowest BCUT2D eigenvalue weighted by atomic mass is 10.1. The first-order chi connectivity index (χ1) is 15.0. The van der Waals surface area contributed by atoms with Crippen molar-refractivity contribution in [3.8, 4) is 0 Å². The second-order valence-electron chi connectivity index (χ2n) is 7.55. The molecule has 0 amide bonds. The number of rotatable bonds is 5. The van der Waals surface area contributed by atoms with Gasteiger partial charge in [0.2, 0.25) is 0 Å². The maximum absolute atomic E-state index is 10.3. The molecule has 5 atom stereocenters. The third-order valence-corrected chi connectivity index (χ3v) is 5.83. The second-order valence-corrected chi connectivity index (χ2v) is 7.94. The van der Waals surface area contributed by atoms with Gasteiger partial charge in [0.05, 0.1) is 12.9 Å². The summed E-state index contributed by atoms with van der Waals surface area (Å²) in [5, 5.41) is 33.5. The molecule has 2 aliphatic rings. The SMILES string of the molecule is OC[C@H]1O[C@@H](n2cnc3c(N[C@H]4CCN(c5cc(Cl)ncn5)C4)ncnc32)[C@H](O)[C@@H]1O. The summed E-state index contributed by atoms with van der Waals surface area (Å²) >= 11 is 5.97. The number of ether oxygens (including phenoxy) is 1. The number of nitrogens with zero attached hydrogens (tertiary/aromatic N) is 7. The van der Waals surface area contributed by atoms with E-state index in [0.29, 0.717) is 28.7 Å². The Morgan fingerprint density at radius 3 is 2.74 bits per heavy atom. The van der Waals surface area contributed by atoms with E-state index in [1.54, 1.807) is 6.07 Å². The number of hydrogen-bond acceptors (Lipinski definition) is 11. The Bertz CT molecular complexity index is 1080. The van der Waals surface area contributed by atoms with E-state index < -0.39 is 31.1 Å². The smallest absolute Gasteiger partial charge is 0.167 e. The van der Waals surface area contributed by atoms with Crippen LogP contribution in [0.3, 0.4) is 0 Å². The molecule has 2 saturated heterocycles. The number of imidazole rings is 1. The zero-order chi connectivity index (χ0) is 21.5. The Morgan fingerprint density at radius 1 is 1.13 bits per heavy atom. The van der Waals surface area contributed by atoms with E-state index >= 15 is 0 Å². The molecule has 5 heterocycles. The second kappa shape index (κ2) is 8.13. The van der Waals surface area contributed by atoms with Crippen LogP contribution in [0.2, 0.25) is 5.15 Å². The minimum Gasteiger partial charge on any atom is -0.394 e. The van der Waals surface area contributed by atoms with E-state index in [1.807, 2.05) is 0 Å². The predicted octanol–water partition coefficient (Wildman–Crippen LogP) is -0.428. The largest absolute Gasteiger partial charge is 0.394 e. The average molecular weight is 449 g/mol. The van der Waals surface area contributed by atoms with Crippen LogP contribution in [0, 0.1) is 0 Å². The van der Waals surface area contributed by atoms with E-state index in [1.165, 1.54) is 23.5 Å². The fraction of sp³-hybridized carbons (Fsp3) is 0.500. The monoisotopic (exact) mass is 448 g/mol. The van der Waals surface area contributed by atoms with E-state index in [4.69, 9.17) is 16.3 Å². The van der Waals surface area contributed by atoms with Gasteiger partial charge >= 0.3 is 0 Å². The summed E-state index contributed by atoms with van der Waals surface area (Å²) in [4.78, 5) is 23.3. The van der Waals surface area contributed by atoms with Crippen LogP contribution in [0.4, 0.5) is 11.6 Å². The van der Waals surface area contributed by atoms with E-state index in [-0.39, 0.29) is 6.04 Å². The summed E-state index contributed by atoms with van der Waals surface area (Å²) in [6.07, 6.45) is 0.978. The van der Waals surface area contributed by atoms with Gasteiger partial charge in [0.25, 0.3) is 0 Å². The van der Waals surface area contributed by atoms with E-state index in [0.717, 1.165) is 18.8 Å². The Hall–Kier alpha value is -2.64. The van der Waals surface area contributed by atoms with Gasteiger partial charge < -0.3 is 30.3 Å². The standard InChI is InChI=1S/C18H21ClN8O4/c19-11-3-12(21-6-20-11)26-2-1-9(4-26)25-16-13-17(23-7-22-16)27(8-24-13)18-15(30)14(29)10(5-28)31-18/h3,6-10,14-15,18,28-30H,1-2,4-5H2,(H,22,23,25)/t9-,10+,14+,15+,18+/m0/s1. The zero-order valence-electron chi connectivity index (χ0n) is 16.3. The van der Waals surface area contributed by atoms with Gasteiger partial charge in [-0.2, -0.15) is 0 Å². The molecule has 4 N–H and O–H groups in total. The maximum atomic E-state index is 10.3. The van der Waals surface area contributed by atoms with Crippen molar-refractivity contribution in [2.75, 3.05) is 29.9 Å². The van der Waals surface area contributed by atoms with Gasteiger partial charge in [0, 0.05) is 25.2 Å². The van der Waals surface area contributed by atoms with Crippen molar-refractivity contribution < 1.29 is 20.1 Å². The lowest BCUT2D eigenvalue weighted by molar-refractivity contribution is -0.0511. The van der Waals surface area contributed by atoms with Crippen molar-refractivity contribution >= 4 is 34.4 Å². The molecule has 3 aromatic rings. The first kappa shape index (κ1) is 20.3. The summed E-state index contributed by atoms with van der Waals surface area (Å²) in [7, 11) is 0. The quantitative estimate of drug-likeness (QED) is 0.376. The number of halogens is 1. The number of anilines is 2. The molecular weight excluding hydrogens is 428 g/mol. The van der Waals surface area contributed by atoms with Gasteiger partial charge in [0.15, 0.2) is 23.2 Å². The van der Waals surface area contributed by atoms with Crippen molar-refractivity contribution in [2.24, 2.45) is 0 Å². The highest BCUT2D eigenvalue weighted by Crippen LogP contribution is 2.32. The Morgan fingerprint density at radius 2 is 1.97 bits per heavy atom. The number of aliphatic hydroxyl groups is 3. The van der Waals surface area contributed by atoms with Crippen molar-refractivity contribution in [2.45, 2.75) is 37.0 Å². The van der Waals surface area contributed by atoms with Gasteiger partial charge in [-0.25, -0.2) is 24.9 Å². The number of aliphatic hydroxyl groups excluding tert-OH is 3. The third-order valence-electron chi connectivity index (χ3n) is 5.62. The average Bonchev–Trinajstić information content (AvgIpc) is 3.47. The van der Waals surface area contributed by atoms with Crippen LogP contribution in [0.1, 0.15) is 12.6 Å². The number of aromatic nitrogens is 6. The molecule has 0 unspecified atom stereocenters. The number of hydrogen-bond donors (Lipinski definition) is 4. The van der Waals surface area contributed by atoms with Gasteiger partial charge in [-0.3, -0.25) is 4.57 Å². The molecule has 164 valence electrons. The highest BCUT2D eigenvalue weighted by Gasteiger charge is 2.44. The summed E-state index contributed by atoms with van der Waals surface area (Å²) in [6.45, 7) is 1.10. The van der Waals surface area contributed by atoms with Gasteiger partial charge in [-0.05, 0) is 6.42 Å². The molecule has 3 aromatic heterocycles. The van der Waals surface area contributed by atoms with Crippen molar-refractivity contribution in [3.63, 3.8) is 0 Å². The van der Waals surface area contributed by atoms with E-state index in [9.17, 15) is 15.3 Å². The first-order valence-electron chi connectivity index (χ1n) is 9.84. The Balaban J connectivity index is 1.35. The molecule has 0 aromatic carbocycles. The van der Waals surface area contributed by atoms with Gasteiger partial charge in [0.1, 0.15) is 41.9 Å².